The van der Waals surface area contributed by atoms with Crippen LogP contribution in [0.5, 0.6) is 0 Å². The van der Waals surface area contributed by atoms with Crippen LogP contribution in [0.4, 0.5) is 18.9 Å². The van der Waals surface area contributed by atoms with Gasteiger partial charge in [-0.15, -0.1) is 0 Å². The number of nitrogens with two attached hydrogens (primary N) is 1. The molecule has 1 heterocycles. The summed E-state index contributed by atoms with van der Waals surface area (Å²) in [6, 6.07) is 9.17. The van der Waals surface area contributed by atoms with Gasteiger partial charge in [0.05, 0.1) is 10.5 Å². The molecule has 0 bridgehead atoms. The number of carbonyl (C=O) groups excluding carboxylic acids is 1. The van der Waals surface area contributed by atoms with E-state index in [1.165, 1.54) is 12.1 Å². The van der Waals surface area contributed by atoms with E-state index in [1.54, 1.807) is 12.1 Å². The summed E-state index contributed by atoms with van der Waals surface area (Å²) in [5.41, 5.74) is 4.28. The molecular formula is C16H11F3N2O4S. The van der Waals surface area contributed by atoms with E-state index in [0.717, 1.165) is 12.1 Å². The molecule has 0 unspecified atom stereocenters. The first-order chi connectivity index (χ1) is 12.1. The minimum Gasteiger partial charge on any atom is -0.449 e. The third kappa shape index (κ3) is 3.23. The molecule has 0 saturated heterocycles. The van der Waals surface area contributed by atoms with E-state index < -0.39 is 38.3 Å². The molecule has 1 amide bonds. The van der Waals surface area contributed by atoms with Gasteiger partial charge in [-0.05, 0) is 36.4 Å². The van der Waals surface area contributed by atoms with E-state index in [4.69, 9.17) is 10.2 Å². The van der Waals surface area contributed by atoms with E-state index in [9.17, 15) is 26.4 Å². The fraction of sp³-hybridized carbons (Fsp3) is 0.0625. The number of carbonyl (C=O) groups is 1. The molecule has 0 atom stereocenters. The summed E-state index contributed by atoms with van der Waals surface area (Å²) < 4.78 is 70.2. The Balaban J connectivity index is 2.04. The fourth-order valence-corrected chi connectivity index (χ4v) is 3.42. The van der Waals surface area contributed by atoms with Gasteiger partial charge in [0, 0.05) is 5.39 Å². The number of halogens is 3. The molecule has 2 aromatic carbocycles. The topological polar surface area (TPSA) is 102 Å². The van der Waals surface area contributed by atoms with Gasteiger partial charge in [0.25, 0.3) is 15.9 Å². The van der Waals surface area contributed by atoms with Crippen molar-refractivity contribution in [3.05, 3.63) is 59.9 Å². The minimum absolute atomic E-state index is 0.173. The molecule has 0 spiro atoms. The van der Waals surface area contributed by atoms with Gasteiger partial charge in [0.1, 0.15) is 11.3 Å². The number of nitrogens with one attached hydrogen (secondary N) is 1. The lowest BCUT2D eigenvalue weighted by Gasteiger charge is -2.10. The zero-order valence-corrected chi connectivity index (χ0v) is 13.7. The maximum Gasteiger partial charge on any atom is 0.416 e. The maximum absolute atomic E-state index is 12.6. The van der Waals surface area contributed by atoms with Crippen molar-refractivity contribution in [1.82, 2.24) is 0 Å². The summed E-state index contributed by atoms with van der Waals surface area (Å²) in [7, 11) is -4.28. The van der Waals surface area contributed by atoms with Crippen molar-refractivity contribution in [2.24, 2.45) is 5.73 Å². The van der Waals surface area contributed by atoms with Crippen LogP contribution in [0.2, 0.25) is 0 Å². The predicted molar refractivity (Wildman–Crippen MR) is 87.0 cm³/mol. The molecule has 10 heteroatoms. The second-order valence-corrected chi connectivity index (χ2v) is 6.98. The van der Waals surface area contributed by atoms with Crippen LogP contribution >= 0.6 is 0 Å². The summed E-state index contributed by atoms with van der Waals surface area (Å²) in [6.07, 6.45) is -4.59. The summed E-state index contributed by atoms with van der Waals surface area (Å²) in [6.45, 7) is 0. The Hall–Kier alpha value is -3.01. The number of alkyl halides is 3. The molecule has 0 aliphatic carbocycles. The average molecular weight is 384 g/mol. The Morgan fingerprint density at radius 3 is 2.23 bits per heavy atom. The highest BCUT2D eigenvalue weighted by atomic mass is 32.2. The van der Waals surface area contributed by atoms with Crippen LogP contribution in [-0.2, 0) is 16.2 Å². The first-order valence-electron chi connectivity index (χ1n) is 7.11. The molecular weight excluding hydrogens is 373 g/mol. The number of hydrogen-bond acceptors (Lipinski definition) is 4. The Morgan fingerprint density at radius 1 is 1.04 bits per heavy atom. The van der Waals surface area contributed by atoms with Crippen LogP contribution in [0.1, 0.15) is 16.1 Å². The molecule has 3 aromatic rings. The van der Waals surface area contributed by atoms with Crippen LogP contribution in [0.25, 0.3) is 11.0 Å². The number of anilines is 1. The van der Waals surface area contributed by atoms with Gasteiger partial charge in [-0.1, -0.05) is 12.1 Å². The highest BCUT2D eigenvalue weighted by Crippen LogP contribution is 2.33. The van der Waals surface area contributed by atoms with Crippen molar-refractivity contribution in [3.8, 4) is 0 Å². The number of fused-ring (bicyclic) bond motifs is 1. The van der Waals surface area contributed by atoms with Gasteiger partial charge in [0.2, 0.25) is 5.76 Å². The van der Waals surface area contributed by atoms with Crippen LogP contribution < -0.4 is 10.5 Å². The lowest BCUT2D eigenvalue weighted by Crippen LogP contribution is -2.17. The number of amides is 1. The van der Waals surface area contributed by atoms with Crippen LogP contribution in [0.3, 0.4) is 0 Å². The number of rotatable bonds is 4. The largest absolute Gasteiger partial charge is 0.449 e. The first kappa shape index (κ1) is 17.8. The van der Waals surface area contributed by atoms with E-state index in [-0.39, 0.29) is 16.7 Å². The number of benzene rings is 2. The number of hydrogen-bond donors (Lipinski definition) is 2. The molecule has 3 N–H and O–H groups in total. The average Bonchev–Trinajstić information content (AvgIpc) is 2.93. The van der Waals surface area contributed by atoms with Crippen LogP contribution in [-0.4, -0.2) is 14.3 Å². The van der Waals surface area contributed by atoms with Crippen LogP contribution in [0.15, 0.2) is 57.8 Å². The Kier molecular flexibility index (Phi) is 4.15. The van der Waals surface area contributed by atoms with Crippen LogP contribution in [0, 0.1) is 0 Å². The van der Waals surface area contributed by atoms with Crippen molar-refractivity contribution in [2.45, 2.75) is 11.1 Å². The lowest BCUT2D eigenvalue weighted by molar-refractivity contribution is -0.137. The van der Waals surface area contributed by atoms with E-state index >= 15 is 0 Å². The Morgan fingerprint density at radius 2 is 1.65 bits per heavy atom. The molecule has 136 valence electrons. The zero-order chi connectivity index (χ0) is 19.1. The first-order valence-corrected chi connectivity index (χ1v) is 8.59. The number of sulfonamides is 1. The van der Waals surface area contributed by atoms with Crippen molar-refractivity contribution in [1.29, 1.82) is 0 Å². The smallest absolute Gasteiger partial charge is 0.416 e. The van der Waals surface area contributed by atoms with E-state index in [2.05, 4.69) is 4.72 Å². The zero-order valence-electron chi connectivity index (χ0n) is 12.9. The molecule has 6 nitrogen and oxygen atoms in total. The van der Waals surface area contributed by atoms with Gasteiger partial charge in [0.15, 0.2) is 0 Å². The quantitative estimate of drug-likeness (QED) is 0.720. The monoisotopic (exact) mass is 384 g/mol. The Bertz CT molecular complexity index is 1090. The van der Waals surface area contributed by atoms with Gasteiger partial charge in [-0.25, -0.2) is 8.42 Å². The van der Waals surface area contributed by atoms with Crippen molar-refractivity contribution < 1.29 is 30.8 Å². The van der Waals surface area contributed by atoms with Gasteiger partial charge >= 0.3 is 6.18 Å². The molecule has 0 aliphatic rings. The normalized spacial score (nSPS) is 12.3. The predicted octanol–water partition coefficient (Wildman–Crippen LogP) is 3.35. The summed E-state index contributed by atoms with van der Waals surface area (Å²) in [5.74, 6) is -1.40. The maximum atomic E-state index is 12.6. The molecule has 0 radical (unpaired) electrons. The molecule has 1 aromatic heterocycles. The van der Waals surface area contributed by atoms with E-state index in [1.807, 2.05) is 0 Å². The highest BCUT2D eigenvalue weighted by Gasteiger charge is 2.31. The lowest BCUT2D eigenvalue weighted by atomic mass is 10.2. The second kappa shape index (κ2) is 6.06. The number of primary amides is 1. The van der Waals surface area contributed by atoms with Crippen molar-refractivity contribution in [3.63, 3.8) is 0 Å². The third-order valence-corrected chi connectivity index (χ3v) is 4.91. The van der Waals surface area contributed by atoms with E-state index in [0.29, 0.717) is 12.1 Å². The Labute approximate surface area is 145 Å². The summed E-state index contributed by atoms with van der Waals surface area (Å²) >= 11 is 0. The third-order valence-electron chi connectivity index (χ3n) is 3.55. The van der Waals surface area contributed by atoms with Crippen molar-refractivity contribution >= 4 is 32.6 Å². The van der Waals surface area contributed by atoms with Crippen molar-refractivity contribution in [2.75, 3.05) is 4.72 Å². The molecule has 0 saturated carbocycles. The molecule has 0 fully saturated rings. The highest BCUT2D eigenvalue weighted by molar-refractivity contribution is 7.92. The van der Waals surface area contributed by atoms with Gasteiger partial charge in [-0.3, -0.25) is 9.52 Å². The molecule has 0 aliphatic heterocycles. The second-order valence-electron chi connectivity index (χ2n) is 5.29. The number of para-hydroxylation sites is 1. The van der Waals surface area contributed by atoms with Gasteiger partial charge in [-0.2, -0.15) is 13.2 Å². The molecule has 3 rings (SSSR count). The minimum atomic E-state index is -4.59. The fourth-order valence-electron chi connectivity index (χ4n) is 2.34. The van der Waals surface area contributed by atoms with Gasteiger partial charge < -0.3 is 10.2 Å². The standard InChI is InChI=1S/C16H11F3N2O4S/c17-16(18,19)9-5-7-10(8-6-9)26(23,24)21-13-11-3-1-2-4-12(11)25-14(13)15(20)22/h1-8,21H,(H2,20,22). The number of furan rings is 1. The molecule has 26 heavy (non-hydrogen) atoms. The summed E-state index contributed by atoms with van der Waals surface area (Å²) in [4.78, 5) is 11.1. The SMILES string of the molecule is NC(=O)c1oc2ccccc2c1NS(=O)(=O)c1ccc(C(F)(F)F)cc1. The summed E-state index contributed by atoms with van der Waals surface area (Å²) in [5, 5.41) is 0.289.